The lowest BCUT2D eigenvalue weighted by Gasteiger charge is -2.26. The van der Waals surface area contributed by atoms with E-state index in [1.165, 1.54) is 12.0 Å². The Bertz CT molecular complexity index is 1310. The molecule has 3 aliphatic rings. The highest BCUT2D eigenvalue weighted by molar-refractivity contribution is 5.90. The minimum Gasteiger partial charge on any atom is -0.340 e. The Morgan fingerprint density at radius 3 is 2.91 bits per heavy atom. The molecule has 9 nitrogen and oxygen atoms in total. The van der Waals surface area contributed by atoms with E-state index in [1.54, 1.807) is 10.5 Å². The number of nitrogens with one attached hydrogen (secondary N) is 2. The van der Waals surface area contributed by atoms with Gasteiger partial charge in [-0.1, -0.05) is 35.1 Å². The first kappa shape index (κ1) is 21.5. The predicted octanol–water partition coefficient (Wildman–Crippen LogP) is 4.10. The minimum atomic E-state index is -0.147. The monoisotopic (exact) mass is 468 g/mol. The lowest BCUT2D eigenvalue weighted by molar-refractivity contribution is 0.205. The standard InChI is InChI=1S/C26H28N8O/c1-33(22-12-18-5-2-3-6-19(18)13-22)25-27-14-20(15-28-25)17-7-4-8-21(11-17)29-26(35)34-10-9-23-24(16-34)31-32-30-23/h2,4-5,7-8,11,14-15,22H,3,6,9-10,12-13,16H2,1H3,(H,29,35)(H,30,31,32). The number of rotatable bonds is 4. The van der Waals surface area contributed by atoms with Gasteiger partial charge in [0.1, 0.15) is 5.69 Å². The minimum absolute atomic E-state index is 0.147. The molecular formula is C26H28N8O. The van der Waals surface area contributed by atoms with Gasteiger partial charge in [-0.3, -0.25) is 5.10 Å². The molecule has 1 atom stereocenters. The van der Waals surface area contributed by atoms with Crippen LogP contribution in [0.2, 0.25) is 0 Å². The number of carbonyl (C=O) groups is 1. The van der Waals surface area contributed by atoms with Crippen molar-refractivity contribution in [1.29, 1.82) is 0 Å². The second-order valence-electron chi connectivity index (χ2n) is 9.43. The smallest absolute Gasteiger partial charge is 0.322 e. The van der Waals surface area contributed by atoms with Gasteiger partial charge in [0.2, 0.25) is 5.95 Å². The Hall–Kier alpha value is -4.01. The second-order valence-corrected chi connectivity index (χ2v) is 9.43. The summed E-state index contributed by atoms with van der Waals surface area (Å²) in [5.74, 6) is 0.740. The molecule has 2 aromatic heterocycles. The number of urea groups is 1. The van der Waals surface area contributed by atoms with Gasteiger partial charge < -0.3 is 15.1 Å². The van der Waals surface area contributed by atoms with Crippen LogP contribution in [0, 0.1) is 0 Å². The van der Waals surface area contributed by atoms with E-state index in [9.17, 15) is 4.79 Å². The van der Waals surface area contributed by atoms with Crippen molar-refractivity contribution >= 4 is 17.7 Å². The lowest BCUT2D eigenvalue weighted by Crippen LogP contribution is -2.38. The molecule has 1 aromatic carbocycles. The maximum Gasteiger partial charge on any atom is 0.322 e. The van der Waals surface area contributed by atoms with Crippen LogP contribution in [0.5, 0.6) is 0 Å². The van der Waals surface area contributed by atoms with E-state index in [0.29, 0.717) is 19.1 Å². The van der Waals surface area contributed by atoms with Crippen LogP contribution in [0.15, 0.2) is 60.0 Å². The van der Waals surface area contributed by atoms with E-state index in [1.807, 2.05) is 36.7 Å². The maximum absolute atomic E-state index is 12.8. The molecule has 0 saturated heterocycles. The Kier molecular flexibility index (Phi) is 5.52. The number of hydrogen-bond donors (Lipinski definition) is 2. The Morgan fingerprint density at radius 1 is 1.17 bits per heavy atom. The molecule has 0 fully saturated rings. The summed E-state index contributed by atoms with van der Waals surface area (Å²) in [7, 11) is 2.08. The normalized spacial score (nSPS) is 18.9. The highest BCUT2D eigenvalue weighted by atomic mass is 16.2. The average molecular weight is 469 g/mol. The third-order valence-corrected chi connectivity index (χ3v) is 7.24. The first-order valence-corrected chi connectivity index (χ1v) is 12.1. The fourth-order valence-electron chi connectivity index (χ4n) is 5.16. The van der Waals surface area contributed by atoms with E-state index in [0.717, 1.165) is 59.8 Å². The van der Waals surface area contributed by atoms with Gasteiger partial charge in [-0.05, 0) is 49.0 Å². The van der Waals surface area contributed by atoms with Crippen LogP contribution in [0.3, 0.4) is 0 Å². The van der Waals surface area contributed by atoms with E-state index in [2.05, 4.69) is 54.8 Å². The van der Waals surface area contributed by atoms with Crippen molar-refractivity contribution in [3.8, 4) is 11.1 Å². The number of aromatic nitrogens is 5. The predicted molar refractivity (Wildman–Crippen MR) is 134 cm³/mol. The molecule has 0 radical (unpaired) electrons. The van der Waals surface area contributed by atoms with E-state index in [4.69, 9.17) is 0 Å². The van der Waals surface area contributed by atoms with Crippen LogP contribution in [0.25, 0.3) is 11.1 Å². The molecule has 3 heterocycles. The zero-order valence-electron chi connectivity index (χ0n) is 19.7. The molecule has 6 rings (SSSR count). The number of amides is 2. The Morgan fingerprint density at radius 2 is 2.06 bits per heavy atom. The summed E-state index contributed by atoms with van der Waals surface area (Å²) in [6.45, 7) is 1.08. The molecule has 2 aliphatic carbocycles. The van der Waals surface area contributed by atoms with Crippen LogP contribution in [0.1, 0.15) is 37.1 Å². The van der Waals surface area contributed by atoms with Crippen molar-refractivity contribution in [3.05, 3.63) is 71.3 Å². The summed E-state index contributed by atoms with van der Waals surface area (Å²) in [6, 6.07) is 8.04. The number of hydrogen-bond acceptors (Lipinski definition) is 6. The number of anilines is 2. The molecule has 2 amide bonds. The molecule has 35 heavy (non-hydrogen) atoms. The third-order valence-electron chi connectivity index (χ3n) is 7.24. The quantitative estimate of drug-likeness (QED) is 0.598. The Labute approximate surface area is 204 Å². The molecule has 178 valence electrons. The van der Waals surface area contributed by atoms with Crippen molar-refractivity contribution in [2.75, 3.05) is 23.8 Å². The van der Waals surface area contributed by atoms with Crippen LogP contribution < -0.4 is 10.2 Å². The van der Waals surface area contributed by atoms with Crippen LogP contribution in [-0.4, -0.2) is 55.9 Å². The highest BCUT2D eigenvalue weighted by Crippen LogP contribution is 2.36. The van der Waals surface area contributed by atoms with Gasteiger partial charge in [0.25, 0.3) is 0 Å². The average Bonchev–Trinajstić information content (AvgIpc) is 3.55. The fourth-order valence-corrected chi connectivity index (χ4v) is 5.16. The third kappa shape index (κ3) is 4.29. The summed E-state index contributed by atoms with van der Waals surface area (Å²) in [6.07, 6.45) is 13.5. The van der Waals surface area contributed by atoms with Crippen molar-refractivity contribution < 1.29 is 4.79 Å². The Balaban J connectivity index is 1.11. The van der Waals surface area contributed by atoms with E-state index < -0.39 is 0 Å². The van der Waals surface area contributed by atoms with Crippen molar-refractivity contribution in [1.82, 2.24) is 30.3 Å². The van der Waals surface area contributed by atoms with Crippen molar-refractivity contribution in [2.24, 2.45) is 0 Å². The van der Waals surface area contributed by atoms with Gasteiger partial charge in [0.15, 0.2) is 0 Å². The summed E-state index contributed by atoms with van der Waals surface area (Å²) in [5.41, 5.74) is 7.52. The molecule has 3 aromatic rings. The number of fused-ring (bicyclic) bond motifs is 1. The number of aromatic amines is 1. The number of benzene rings is 1. The number of nitrogens with zero attached hydrogens (tertiary/aromatic N) is 6. The highest BCUT2D eigenvalue weighted by Gasteiger charge is 2.28. The van der Waals surface area contributed by atoms with Crippen molar-refractivity contribution in [3.63, 3.8) is 0 Å². The first-order chi connectivity index (χ1) is 17.1. The topological polar surface area (TPSA) is 103 Å². The van der Waals surface area contributed by atoms with Crippen LogP contribution in [-0.2, 0) is 13.0 Å². The van der Waals surface area contributed by atoms with Gasteiger partial charge in [0, 0.05) is 49.7 Å². The maximum atomic E-state index is 12.8. The molecular weight excluding hydrogens is 440 g/mol. The molecule has 0 bridgehead atoms. The van der Waals surface area contributed by atoms with Gasteiger partial charge in [-0.25, -0.2) is 14.8 Å². The van der Waals surface area contributed by atoms with E-state index >= 15 is 0 Å². The van der Waals surface area contributed by atoms with Gasteiger partial charge in [-0.15, -0.1) is 5.10 Å². The van der Waals surface area contributed by atoms with Gasteiger partial charge >= 0.3 is 6.03 Å². The summed E-state index contributed by atoms with van der Waals surface area (Å²) in [4.78, 5) is 26.1. The van der Waals surface area contributed by atoms with E-state index in [-0.39, 0.29) is 6.03 Å². The number of H-pyrrole nitrogens is 1. The summed E-state index contributed by atoms with van der Waals surface area (Å²) in [5, 5.41) is 13.8. The lowest BCUT2D eigenvalue weighted by atomic mass is 10.0. The molecule has 1 unspecified atom stereocenters. The largest absolute Gasteiger partial charge is 0.340 e. The van der Waals surface area contributed by atoms with Crippen LogP contribution >= 0.6 is 0 Å². The fraction of sp³-hybridized carbons (Fsp3) is 0.346. The SMILES string of the molecule is CN(c1ncc(-c2cccc(NC(=O)N3CCc4[nH]nnc4C3)c2)cn1)C1CC2=C(CCC=C2)C1. The second kappa shape index (κ2) is 8.98. The van der Waals surface area contributed by atoms with Gasteiger partial charge in [-0.2, -0.15) is 0 Å². The molecule has 9 heteroatoms. The first-order valence-electron chi connectivity index (χ1n) is 12.1. The molecule has 0 saturated carbocycles. The molecule has 1 aliphatic heterocycles. The van der Waals surface area contributed by atoms with Crippen LogP contribution in [0.4, 0.5) is 16.4 Å². The number of carbonyl (C=O) groups excluding carboxylic acids is 1. The summed E-state index contributed by atoms with van der Waals surface area (Å²) < 4.78 is 0. The molecule has 0 spiro atoms. The zero-order chi connectivity index (χ0) is 23.8. The number of allylic oxidation sites excluding steroid dienone is 2. The zero-order valence-corrected chi connectivity index (χ0v) is 19.7. The van der Waals surface area contributed by atoms with Gasteiger partial charge in [0.05, 0.1) is 12.2 Å². The molecule has 2 N–H and O–H groups in total. The van der Waals surface area contributed by atoms with Crippen molar-refractivity contribution in [2.45, 2.75) is 44.7 Å². The summed E-state index contributed by atoms with van der Waals surface area (Å²) >= 11 is 0.